The topological polar surface area (TPSA) is 61.2 Å². The predicted octanol–water partition coefficient (Wildman–Crippen LogP) is 1.47. The van der Waals surface area contributed by atoms with E-state index >= 15 is 0 Å². The first kappa shape index (κ1) is 15.3. The smallest absolute Gasteiger partial charge is 0.177 e. The number of likely N-dealkylation sites (N-methyl/N-ethyl adjacent to an activating group) is 1. The van der Waals surface area contributed by atoms with Gasteiger partial charge in [-0.25, -0.2) is 4.98 Å². The van der Waals surface area contributed by atoms with Gasteiger partial charge in [0.1, 0.15) is 3.70 Å². The van der Waals surface area contributed by atoms with E-state index in [1.54, 1.807) is 13.3 Å². The van der Waals surface area contributed by atoms with Crippen LogP contribution in [0.2, 0.25) is 0 Å². The molecule has 1 aliphatic rings. The predicted molar refractivity (Wildman–Crippen MR) is 85.5 cm³/mol. The Labute approximate surface area is 132 Å². The highest BCUT2D eigenvalue weighted by molar-refractivity contribution is 14.1. The fourth-order valence-electron chi connectivity index (χ4n) is 2.27. The van der Waals surface area contributed by atoms with E-state index in [1.807, 2.05) is 6.07 Å². The molecular formula is C13H19IN4O2. The number of hydrogen-bond acceptors (Lipinski definition) is 5. The first-order valence-corrected chi connectivity index (χ1v) is 7.66. The molecule has 0 saturated carbocycles. The molecule has 1 N–H and O–H groups in total. The van der Waals surface area contributed by atoms with Crippen LogP contribution in [0.1, 0.15) is 12.5 Å². The van der Waals surface area contributed by atoms with Crippen LogP contribution in [0.3, 0.4) is 0 Å². The van der Waals surface area contributed by atoms with E-state index in [4.69, 9.17) is 4.74 Å². The minimum atomic E-state index is 0.558. The van der Waals surface area contributed by atoms with Crippen molar-refractivity contribution in [3.8, 4) is 5.75 Å². The second kappa shape index (κ2) is 7.07. The normalized spacial score (nSPS) is 17.4. The van der Waals surface area contributed by atoms with Crippen LogP contribution < -0.4 is 4.74 Å². The quantitative estimate of drug-likeness (QED) is 0.212. The second-order valence-corrected chi connectivity index (χ2v) is 5.58. The molecule has 0 unspecified atom stereocenters. The molecule has 0 aliphatic carbocycles. The minimum Gasteiger partial charge on any atom is -0.494 e. The van der Waals surface area contributed by atoms with Gasteiger partial charge in [-0.3, -0.25) is 0 Å². The van der Waals surface area contributed by atoms with Gasteiger partial charge in [0.15, 0.2) is 11.6 Å². The van der Waals surface area contributed by atoms with Crippen molar-refractivity contribution < 1.29 is 9.94 Å². The van der Waals surface area contributed by atoms with E-state index in [9.17, 15) is 5.21 Å². The van der Waals surface area contributed by atoms with Crippen LogP contribution in [0.25, 0.3) is 0 Å². The Kier molecular flexibility index (Phi) is 5.41. The zero-order chi connectivity index (χ0) is 14.5. The van der Waals surface area contributed by atoms with Crippen LogP contribution in [0, 0.1) is 3.70 Å². The van der Waals surface area contributed by atoms with Gasteiger partial charge in [0.05, 0.1) is 7.11 Å². The van der Waals surface area contributed by atoms with Crippen LogP contribution in [0.5, 0.6) is 5.75 Å². The average Bonchev–Trinajstić information content (AvgIpc) is 2.50. The second-order valence-electron chi connectivity index (χ2n) is 4.56. The number of amidine groups is 1. The SMILES string of the molecule is CCN1CCN(/C(=N/O)c2cnc(I)c(OC)c2)CC1. The first-order valence-electron chi connectivity index (χ1n) is 6.58. The number of hydrogen-bond donors (Lipinski definition) is 1. The van der Waals surface area contributed by atoms with E-state index in [2.05, 4.69) is 49.5 Å². The number of pyridine rings is 1. The highest BCUT2D eigenvalue weighted by Gasteiger charge is 2.21. The Morgan fingerprint density at radius 2 is 2.15 bits per heavy atom. The molecule has 0 radical (unpaired) electrons. The molecule has 1 aromatic rings. The summed E-state index contributed by atoms with van der Waals surface area (Å²) in [5.74, 6) is 1.25. The number of nitrogens with zero attached hydrogens (tertiary/aromatic N) is 4. The van der Waals surface area contributed by atoms with Crippen molar-refractivity contribution in [2.75, 3.05) is 39.8 Å². The Bertz CT molecular complexity index is 487. The lowest BCUT2D eigenvalue weighted by molar-refractivity contribution is 0.185. The van der Waals surface area contributed by atoms with Crippen molar-refractivity contribution in [1.82, 2.24) is 14.8 Å². The van der Waals surface area contributed by atoms with Gasteiger partial charge in [-0.05, 0) is 35.2 Å². The lowest BCUT2D eigenvalue weighted by atomic mass is 10.2. The van der Waals surface area contributed by atoms with Crippen LogP contribution in [0.15, 0.2) is 17.4 Å². The molecule has 1 saturated heterocycles. The Hall–Kier alpha value is -1.09. The van der Waals surface area contributed by atoms with Crippen LogP contribution >= 0.6 is 22.6 Å². The van der Waals surface area contributed by atoms with Gasteiger partial charge in [-0.2, -0.15) is 0 Å². The van der Waals surface area contributed by atoms with Crippen molar-refractivity contribution in [3.63, 3.8) is 0 Å². The summed E-state index contributed by atoms with van der Waals surface area (Å²) in [5.41, 5.74) is 0.773. The summed E-state index contributed by atoms with van der Waals surface area (Å²) in [5, 5.41) is 12.8. The molecule has 0 bridgehead atoms. The van der Waals surface area contributed by atoms with E-state index < -0.39 is 0 Å². The molecule has 0 spiro atoms. The van der Waals surface area contributed by atoms with Gasteiger partial charge in [-0.1, -0.05) is 12.1 Å². The van der Waals surface area contributed by atoms with Gasteiger partial charge in [0, 0.05) is 37.9 Å². The summed E-state index contributed by atoms with van der Waals surface area (Å²) >= 11 is 2.12. The molecule has 0 atom stereocenters. The number of rotatable bonds is 3. The maximum atomic E-state index is 9.35. The van der Waals surface area contributed by atoms with E-state index in [0.29, 0.717) is 11.6 Å². The van der Waals surface area contributed by atoms with Gasteiger partial charge in [-0.15, -0.1) is 0 Å². The third-order valence-corrected chi connectivity index (χ3v) is 4.31. The maximum Gasteiger partial charge on any atom is 0.177 e. The molecule has 0 amide bonds. The molecule has 0 aromatic carbocycles. The summed E-state index contributed by atoms with van der Waals surface area (Å²) < 4.78 is 6.06. The van der Waals surface area contributed by atoms with E-state index in [-0.39, 0.29) is 0 Å². The molecule has 6 nitrogen and oxygen atoms in total. The van der Waals surface area contributed by atoms with Gasteiger partial charge >= 0.3 is 0 Å². The number of ether oxygens (including phenoxy) is 1. The molecule has 7 heteroatoms. The van der Waals surface area contributed by atoms with Gasteiger partial charge in [0.2, 0.25) is 0 Å². The highest BCUT2D eigenvalue weighted by Crippen LogP contribution is 2.20. The lowest BCUT2D eigenvalue weighted by Gasteiger charge is -2.35. The summed E-state index contributed by atoms with van der Waals surface area (Å²) in [6.45, 7) is 6.86. The number of aromatic nitrogens is 1. The first-order chi connectivity index (χ1) is 9.69. The largest absolute Gasteiger partial charge is 0.494 e. The lowest BCUT2D eigenvalue weighted by Crippen LogP contribution is -2.48. The maximum absolute atomic E-state index is 9.35. The van der Waals surface area contributed by atoms with Crippen molar-refractivity contribution >= 4 is 28.4 Å². The summed E-state index contributed by atoms with van der Waals surface area (Å²) in [6.07, 6.45) is 1.71. The Balaban J connectivity index is 2.17. The number of methoxy groups -OCH3 is 1. The number of oxime groups is 1. The molecule has 1 fully saturated rings. The zero-order valence-electron chi connectivity index (χ0n) is 11.7. The van der Waals surface area contributed by atoms with Crippen molar-refractivity contribution in [2.24, 2.45) is 5.16 Å². The third kappa shape index (κ3) is 3.32. The number of piperazine rings is 1. The fourth-order valence-corrected chi connectivity index (χ4v) is 2.79. The van der Waals surface area contributed by atoms with Gasteiger partial charge < -0.3 is 19.7 Å². The fraction of sp³-hybridized carbons (Fsp3) is 0.538. The molecule has 1 aliphatic heterocycles. The molecule has 1 aromatic heterocycles. The van der Waals surface area contributed by atoms with Crippen LogP contribution in [-0.4, -0.2) is 65.7 Å². The van der Waals surface area contributed by atoms with Gasteiger partial charge in [0.25, 0.3) is 0 Å². The summed E-state index contributed by atoms with van der Waals surface area (Å²) in [4.78, 5) is 8.73. The molecular weight excluding hydrogens is 371 g/mol. The minimum absolute atomic E-state index is 0.558. The Morgan fingerprint density at radius 1 is 1.45 bits per heavy atom. The summed E-state index contributed by atoms with van der Waals surface area (Å²) in [6, 6.07) is 1.86. The van der Waals surface area contributed by atoms with Crippen LogP contribution in [0.4, 0.5) is 0 Å². The van der Waals surface area contributed by atoms with Crippen molar-refractivity contribution in [3.05, 3.63) is 21.5 Å². The molecule has 2 heterocycles. The average molecular weight is 390 g/mol. The highest BCUT2D eigenvalue weighted by atomic mass is 127. The zero-order valence-corrected chi connectivity index (χ0v) is 13.9. The summed E-state index contributed by atoms with van der Waals surface area (Å²) in [7, 11) is 1.61. The monoisotopic (exact) mass is 390 g/mol. The molecule has 2 rings (SSSR count). The Morgan fingerprint density at radius 3 is 2.70 bits per heavy atom. The van der Waals surface area contributed by atoms with Crippen molar-refractivity contribution in [1.29, 1.82) is 0 Å². The molecule has 20 heavy (non-hydrogen) atoms. The van der Waals surface area contributed by atoms with Crippen molar-refractivity contribution in [2.45, 2.75) is 6.92 Å². The van der Waals surface area contributed by atoms with Crippen LogP contribution in [-0.2, 0) is 0 Å². The van der Waals surface area contributed by atoms with E-state index in [0.717, 1.165) is 42.0 Å². The standard InChI is InChI=1S/C13H19IN4O2/c1-3-17-4-6-18(7-5-17)13(16-19)10-8-11(20-2)12(14)15-9-10/h8-9,19H,3-7H2,1-2H3/b16-13+. The number of halogens is 1. The molecule has 110 valence electrons. The third-order valence-electron chi connectivity index (χ3n) is 3.50. The van der Waals surface area contributed by atoms with E-state index in [1.165, 1.54) is 0 Å².